The van der Waals surface area contributed by atoms with E-state index in [0.29, 0.717) is 157 Å². The van der Waals surface area contributed by atoms with E-state index in [1.165, 1.54) is 76.1 Å². The van der Waals surface area contributed by atoms with Crippen molar-refractivity contribution < 1.29 is 97.2 Å². The van der Waals surface area contributed by atoms with Crippen LogP contribution in [0.15, 0.2) is 273 Å². The average molecular weight is 1940 g/mol. The number of methoxy groups -OCH3 is 10. The lowest BCUT2D eigenvalue weighted by Gasteiger charge is -2.32. The van der Waals surface area contributed by atoms with E-state index in [-0.39, 0.29) is 58.6 Å². The molecular formula is C107H110N16O20. The summed E-state index contributed by atoms with van der Waals surface area (Å²) in [5, 5.41) is 105. The topological polar surface area (TPSA) is 471 Å². The van der Waals surface area contributed by atoms with Crippen LogP contribution in [-0.2, 0) is 44.9 Å². The normalized spacial score (nSPS) is 22.7. The minimum Gasteiger partial charge on any atom is -0.507 e. The highest BCUT2D eigenvalue weighted by Crippen LogP contribution is 2.49. The Kier molecular flexibility index (Phi) is 27.9. The van der Waals surface area contributed by atoms with Gasteiger partial charge in [-0.1, -0.05) is 98.8 Å². The first-order chi connectivity index (χ1) is 68.7. The molecule has 10 aromatic carbocycles. The number of aliphatic hydroxyl groups excluding tert-OH is 2. The molecule has 1 aromatic heterocycles. The Balaban J connectivity index is 0.000000128. The summed E-state index contributed by atoms with van der Waals surface area (Å²) in [6.07, 6.45) is 1.05. The molecule has 11 aromatic rings. The SMILES string of the molecule is CCC1(O)C(=O)C(=C2Cc3ccccc3N2)C(=N)N1c1cc(OC)cc(OC)c1.CCC1(O)C(=O)C(=C2Cc3ccccc3N2)C(=NC)N1c1cc(OC)cc(OC)c1.CN=C1C(=C2Cc3ccccc3N2)C(=O)C(C)(O)N1c1cc(OC)cc(OC)c1.COc1cc(OC)cc(N2C(=N)C(=C3Cc4ccccc4N3)C(=O)C2(C)O)c1.COc1cc(OC)cc(N2C(=N)C(c3nc4ccccc4[nH]3)=C(O)C2O)c1. The quantitative estimate of drug-likeness (QED) is 0.0355. The zero-order valence-corrected chi connectivity index (χ0v) is 81.5. The summed E-state index contributed by atoms with van der Waals surface area (Å²) in [4.78, 5) is 76.5. The minimum absolute atomic E-state index is 0.0510. The van der Waals surface area contributed by atoms with Gasteiger partial charge in [0.25, 0.3) is 0 Å². The summed E-state index contributed by atoms with van der Waals surface area (Å²) in [5.74, 6) is 3.99. The van der Waals surface area contributed by atoms with E-state index in [4.69, 9.17) is 63.6 Å². The standard InChI is InChI=1S/C23H25N3O4.2C22H23N3O4.C21H21N3O4.C19H18N4O4/c1-5-23(28)21(27)20(19-10-14-8-6-7-9-18(14)25-19)22(24-2)26(23)15-11-16(29-3)13-17(12-15)30-4;1-22(27)20(26)19(18-9-13-7-5-6-8-17(13)24-18)21(23-2)25(22)14-10-15(28-3)12-16(11-14)29-4;1-4-22(27)20(26)19(18-9-13-7-5-6-8-17(13)24-18)21(23)25(22)14-10-15(28-2)12-16(11-14)29-3;1-21(26)19(25)18(17-8-12-6-4-5-7-16(12)23-17)20(22)24(21)13-9-14(27-2)11-15(10-13)28-3;1-26-11-7-10(8-12(9-11)27-2)23-17(20)15(16(24)19(23)25)18-21-13-5-3-4-6-14(13)22-18/h6-9,11-13,25,28H,5,10H2,1-4H3;5-8,10-12,24,27H,9H2,1-4H3;5-8,10-12,23-24,27H,4,9H2,1-3H3;4-7,9-11,22-23,26H,8H2,1-3H3;3-9,19-20,24-25H,1-2H3,(H,21,22). The summed E-state index contributed by atoms with van der Waals surface area (Å²) in [7, 11) is 18.6. The van der Waals surface area contributed by atoms with E-state index < -0.39 is 46.5 Å². The number of ketones is 4. The molecule has 0 aliphatic carbocycles. The van der Waals surface area contributed by atoms with Gasteiger partial charge in [-0.25, -0.2) is 4.98 Å². The van der Waals surface area contributed by atoms with Gasteiger partial charge in [0.05, 0.1) is 133 Å². The predicted molar refractivity (Wildman–Crippen MR) is 547 cm³/mol. The van der Waals surface area contributed by atoms with Crippen LogP contribution in [0.25, 0.3) is 16.6 Å². The number of rotatable bonds is 18. The Morgan fingerprint density at radius 2 is 0.643 bits per heavy atom. The van der Waals surface area contributed by atoms with Crippen molar-refractivity contribution in [2.75, 3.05) is 131 Å². The fourth-order valence-corrected chi connectivity index (χ4v) is 18.7. The largest absolute Gasteiger partial charge is 0.507 e. The lowest BCUT2D eigenvalue weighted by Crippen LogP contribution is -2.49. The molecule has 14 N–H and O–H groups in total. The molecule has 36 nitrogen and oxygen atoms in total. The second-order valence-corrected chi connectivity index (χ2v) is 34.4. The number of amidine groups is 5. The van der Waals surface area contributed by atoms with E-state index in [1.807, 2.05) is 121 Å². The highest BCUT2D eigenvalue weighted by atomic mass is 16.5. The molecule has 0 bridgehead atoms. The van der Waals surface area contributed by atoms with Crippen LogP contribution in [0.4, 0.5) is 51.2 Å². The number of nitrogens with one attached hydrogen (secondary N) is 8. The summed E-state index contributed by atoms with van der Waals surface area (Å²) in [6, 6.07) is 64.2. The van der Waals surface area contributed by atoms with Crippen LogP contribution in [0, 0.1) is 16.2 Å². The first-order valence-electron chi connectivity index (χ1n) is 45.5. The molecule has 5 unspecified atom stereocenters. The molecule has 5 atom stereocenters. The Morgan fingerprint density at radius 3 is 1.00 bits per heavy atom. The number of aliphatic imine (C=N–C) groups is 2. The monoisotopic (exact) mass is 1940 g/mol. The van der Waals surface area contributed by atoms with Gasteiger partial charge < -0.3 is 104 Å². The number of hydrogen-bond acceptors (Lipinski definition) is 30. The molecule has 9 aliphatic heterocycles. The number of aromatic nitrogens is 2. The molecule has 10 heterocycles. The fraction of sp³-hybridized carbons (Fsp3) is 0.252. The maximum Gasteiger partial charge on any atom is 0.221 e. The highest BCUT2D eigenvalue weighted by molar-refractivity contribution is 6.40. The smallest absolute Gasteiger partial charge is 0.221 e. The second-order valence-electron chi connectivity index (χ2n) is 34.4. The minimum atomic E-state index is -1.90. The summed E-state index contributed by atoms with van der Waals surface area (Å²) >= 11 is 0. The Bertz CT molecular complexity index is 6980. The van der Waals surface area contributed by atoms with Gasteiger partial charge in [-0.2, -0.15) is 0 Å². The Labute approximate surface area is 824 Å². The van der Waals surface area contributed by atoms with Crippen LogP contribution >= 0.6 is 0 Å². The van der Waals surface area contributed by atoms with E-state index >= 15 is 0 Å². The van der Waals surface area contributed by atoms with E-state index in [2.05, 4.69) is 41.2 Å². The van der Waals surface area contributed by atoms with Gasteiger partial charge >= 0.3 is 0 Å². The van der Waals surface area contributed by atoms with E-state index in [1.54, 1.807) is 152 Å². The first-order valence-corrected chi connectivity index (χ1v) is 45.5. The van der Waals surface area contributed by atoms with Crippen molar-refractivity contribution in [3.63, 3.8) is 0 Å². The number of carbonyl (C=O) groups is 4. The highest BCUT2D eigenvalue weighted by Gasteiger charge is 2.58. The molecule has 4 saturated heterocycles. The number of fused-ring (bicyclic) bond motifs is 5. The number of allylic oxidation sites excluding steroid dienone is 4. The van der Waals surface area contributed by atoms with Crippen LogP contribution in [0.1, 0.15) is 68.6 Å². The van der Waals surface area contributed by atoms with Crippen LogP contribution in [-0.4, -0.2) is 207 Å². The molecule has 20 rings (SSSR count). The average Bonchev–Trinajstić information content (AvgIpc) is 2.42. The number of H-pyrrole nitrogens is 1. The predicted octanol–water partition coefficient (Wildman–Crippen LogP) is 14.4. The number of benzene rings is 10. The van der Waals surface area contributed by atoms with Gasteiger partial charge in [-0.05, 0) is 72.5 Å². The van der Waals surface area contributed by atoms with Gasteiger partial charge in [-0.15, -0.1) is 0 Å². The third-order valence-corrected chi connectivity index (χ3v) is 26.0. The summed E-state index contributed by atoms with van der Waals surface area (Å²) in [5.41, 5.74) is 8.69. The maximum absolute atomic E-state index is 13.5. The van der Waals surface area contributed by atoms with E-state index in [0.717, 1.165) is 61.9 Å². The van der Waals surface area contributed by atoms with Crippen molar-refractivity contribution in [1.82, 2.24) is 9.97 Å². The molecule has 9 aliphatic rings. The molecule has 4 fully saturated rings. The molecule has 0 saturated carbocycles. The van der Waals surface area contributed by atoms with Crippen LogP contribution < -0.4 is 93.1 Å². The molecule has 738 valence electrons. The number of para-hydroxylation sites is 6. The van der Waals surface area contributed by atoms with Crippen LogP contribution in [0.2, 0.25) is 0 Å². The van der Waals surface area contributed by atoms with E-state index in [9.17, 15) is 49.8 Å². The van der Waals surface area contributed by atoms with Crippen molar-refractivity contribution in [2.45, 2.75) is 95.3 Å². The summed E-state index contributed by atoms with van der Waals surface area (Å²) < 4.78 is 53.2. The maximum atomic E-state index is 13.5. The number of aliphatic hydroxyl groups is 6. The molecule has 0 spiro atoms. The number of anilines is 9. The van der Waals surface area contributed by atoms with Gasteiger partial charge in [0, 0.05) is 189 Å². The molecule has 0 radical (unpaired) electrons. The number of ether oxygens (including phenoxy) is 10. The second kappa shape index (κ2) is 40.2. The third kappa shape index (κ3) is 18.1. The molecule has 143 heavy (non-hydrogen) atoms. The van der Waals surface area contributed by atoms with Crippen LogP contribution in [0.5, 0.6) is 57.5 Å². The third-order valence-electron chi connectivity index (χ3n) is 26.0. The van der Waals surface area contributed by atoms with Crippen molar-refractivity contribution in [3.05, 3.63) is 291 Å². The van der Waals surface area contributed by atoms with Crippen molar-refractivity contribution in [1.29, 1.82) is 16.2 Å². The summed E-state index contributed by atoms with van der Waals surface area (Å²) in [6.45, 7) is 6.37. The van der Waals surface area contributed by atoms with Gasteiger partial charge in [0.15, 0.2) is 12.0 Å². The number of nitrogens with zero attached hydrogens (tertiary/aromatic N) is 8. The number of hydrogen-bond donors (Lipinski definition) is 14. The van der Waals surface area contributed by atoms with Crippen LogP contribution in [0.3, 0.4) is 0 Å². The van der Waals surface area contributed by atoms with Crippen molar-refractivity contribution in [3.8, 4) is 57.5 Å². The first kappa shape index (κ1) is 99.2. The molecule has 36 heteroatoms. The van der Waals surface area contributed by atoms with Gasteiger partial charge in [0.1, 0.15) is 98.1 Å². The Hall–Kier alpha value is -16.8. The zero-order chi connectivity index (χ0) is 102. The zero-order valence-electron chi connectivity index (χ0n) is 81.5. The lowest BCUT2D eigenvalue weighted by atomic mass is 10.0. The number of carbonyl (C=O) groups excluding carboxylic acids is 4. The number of imidazole rings is 1. The molecular weight excluding hydrogens is 1830 g/mol. The van der Waals surface area contributed by atoms with Crippen molar-refractivity contribution >= 4 is 120 Å². The van der Waals surface area contributed by atoms with Crippen molar-refractivity contribution in [2.24, 2.45) is 9.98 Å². The Morgan fingerprint density at radius 1 is 0.364 bits per heavy atom. The van der Waals surface area contributed by atoms with Gasteiger partial charge in [0.2, 0.25) is 46.0 Å². The lowest BCUT2D eigenvalue weighted by molar-refractivity contribution is -0.131. The number of aromatic amines is 1. The number of Topliss-reactive ketones (excluding diaryl/α,β-unsaturated/α-hetero) is 4. The fourth-order valence-electron chi connectivity index (χ4n) is 18.7. The molecule has 0 amide bonds. The van der Waals surface area contributed by atoms with Gasteiger partial charge in [-0.3, -0.25) is 69.9 Å².